The predicted octanol–water partition coefficient (Wildman–Crippen LogP) is 5.21. The number of rotatable bonds is 6. The van der Waals surface area contributed by atoms with E-state index in [1.807, 2.05) is 24.3 Å². The Morgan fingerprint density at radius 3 is 2.54 bits per heavy atom. The van der Waals surface area contributed by atoms with E-state index in [9.17, 15) is 13.2 Å². The Kier molecular flexibility index (Phi) is 7.85. The number of alkyl halides is 3. The molecule has 4 heterocycles. The van der Waals surface area contributed by atoms with Gasteiger partial charge in [0, 0.05) is 30.7 Å². The second-order valence-corrected chi connectivity index (χ2v) is 9.48. The Balaban J connectivity index is 0.00000160. The van der Waals surface area contributed by atoms with Crippen LogP contribution >= 0.6 is 24.8 Å². The smallest absolute Gasteiger partial charge is 0.408 e. The van der Waals surface area contributed by atoms with Crippen molar-refractivity contribution >= 4 is 41.4 Å². The van der Waals surface area contributed by atoms with Crippen molar-refractivity contribution in [3.8, 4) is 17.3 Å². The molecular formula is C25H27Cl2F3N6O. The van der Waals surface area contributed by atoms with Gasteiger partial charge in [0.25, 0.3) is 0 Å². The monoisotopic (exact) mass is 554 g/mol. The molecule has 2 aliphatic rings. The third kappa shape index (κ3) is 5.47. The first-order valence-electron chi connectivity index (χ1n) is 11.8. The molecule has 4 aromatic rings. The maximum absolute atomic E-state index is 14.1. The minimum atomic E-state index is -4.44. The van der Waals surface area contributed by atoms with Crippen LogP contribution in [0.15, 0.2) is 48.7 Å². The number of hydrogen-bond acceptors (Lipinski definition) is 6. The van der Waals surface area contributed by atoms with Crippen LogP contribution in [0.3, 0.4) is 0 Å². The molecule has 0 bridgehead atoms. The first kappa shape index (κ1) is 27.4. The molecule has 0 spiro atoms. The van der Waals surface area contributed by atoms with E-state index in [1.165, 1.54) is 30.0 Å². The number of halogens is 5. The van der Waals surface area contributed by atoms with E-state index in [0.29, 0.717) is 53.9 Å². The Hall–Kier alpha value is -2.66. The summed E-state index contributed by atoms with van der Waals surface area (Å²) in [6.45, 7) is 1.16. The van der Waals surface area contributed by atoms with Crippen molar-refractivity contribution in [2.75, 3.05) is 19.7 Å². The highest BCUT2D eigenvalue weighted by Crippen LogP contribution is 2.39. The average molecular weight is 555 g/mol. The topological polar surface area (TPSA) is 81.6 Å². The van der Waals surface area contributed by atoms with Crippen molar-refractivity contribution in [2.24, 2.45) is 11.7 Å². The van der Waals surface area contributed by atoms with Gasteiger partial charge in [-0.3, -0.25) is 9.30 Å². The Labute approximate surface area is 224 Å². The molecule has 1 aliphatic heterocycles. The summed E-state index contributed by atoms with van der Waals surface area (Å²) < 4.78 is 50.0. The van der Waals surface area contributed by atoms with Gasteiger partial charge in [-0.1, -0.05) is 24.3 Å². The Morgan fingerprint density at radius 2 is 1.84 bits per heavy atom. The second kappa shape index (κ2) is 10.6. The number of hydrogen-bond donors (Lipinski definition) is 1. The van der Waals surface area contributed by atoms with Crippen LogP contribution in [-0.2, 0) is 0 Å². The predicted molar refractivity (Wildman–Crippen MR) is 139 cm³/mol. The molecule has 0 radical (unpaired) electrons. The lowest BCUT2D eigenvalue weighted by atomic mass is 10.1. The standard InChI is InChI=1S/C25H25F3N6O.2ClH/c26-25(27,28)23(33-11-10-18(29)13-33)17-7-9-21-31-32-24(34(21)12-17)19-8-6-16-2-1-3-20(22(16)30-19)35-14-15-4-5-15;;/h1-3,6-9,12,15,18,23H,4-5,10-11,13-14,29H2;2*1H/t18-,23?;;/m1../s1. The van der Waals surface area contributed by atoms with Gasteiger partial charge in [0.15, 0.2) is 11.5 Å². The maximum atomic E-state index is 14.1. The molecule has 7 nitrogen and oxygen atoms in total. The highest BCUT2D eigenvalue weighted by atomic mass is 35.5. The van der Waals surface area contributed by atoms with Gasteiger partial charge in [0.1, 0.15) is 23.0 Å². The molecule has 198 valence electrons. The number of nitrogens with two attached hydrogens (primary N) is 1. The summed E-state index contributed by atoms with van der Waals surface area (Å²) in [6.07, 6.45) is -0.0760. The van der Waals surface area contributed by atoms with Crippen molar-refractivity contribution in [2.45, 2.75) is 37.5 Å². The van der Waals surface area contributed by atoms with Crippen molar-refractivity contribution in [3.05, 3.63) is 54.2 Å². The van der Waals surface area contributed by atoms with E-state index in [1.54, 1.807) is 16.5 Å². The summed E-state index contributed by atoms with van der Waals surface area (Å²) >= 11 is 0. The highest BCUT2D eigenvalue weighted by molar-refractivity contribution is 5.86. The minimum absolute atomic E-state index is 0. The summed E-state index contributed by atoms with van der Waals surface area (Å²) in [5.41, 5.74) is 7.67. The van der Waals surface area contributed by atoms with Crippen LogP contribution in [-0.4, -0.2) is 56.4 Å². The number of fused-ring (bicyclic) bond motifs is 2. The number of aromatic nitrogens is 4. The van der Waals surface area contributed by atoms with Gasteiger partial charge in [-0.05, 0) is 48.9 Å². The van der Waals surface area contributed by atoms with Crippen LogP contribution in [0.25, 0.3) is 28.1 Å². The fourth-order valence-electron chi connectivity index (χ4n) is 4.75. The molecule has 37 heavy (non-hydrogen) atoms. The van der Waals surface area contributed by atoms with Crippen LogP contribution in [0.4, 0.5) is 13.2 Å². The molecule has 1 saturated carbocycles. The van der Waals surface area contributed by atoms with E-state index < -0.39 is 12.2 Å². The maximum Gasteiger partial charge on any atom is 0.408 e. The van der Waals surface area contributed by atoms with E-state index in [-0.39, 0.29) is 43.0 Å². The molecular weight excluding hydrogens is 528 g/mol. The van der Waals surface area contributed by atoms with Crippen molar-refractivity contribution in [1.29, 1.82) is 0 Å². The van der Waals surface area contributed by atoms with E-state index in [2.05, 4.69) is 10.2 Å². The first-order valence-corrected chi connectivity index (χ1v) is 11.8. The first-order chi connectivity index (χ1) is 16.9. The van der Waals surface area contributed by atoms with E-state index in [0.717, 1.165) is 5.39 Å². The lowest BCUT2D eigenvalue weighted by molar-refractivity contribution is -0.183. The lowest BCUT2D eigenvalue weighted by Gasteiger charge is -2.30. The molecule has 2 N–H and O–H groups in total. The molecule has 2 atom stereocenters. The highest BCUT2D eigenvalue weighted by Gasteiger charge is 2.46. The molecule has 2 fully saturated rings. The van der Waals surface area contributed by atoms with Gasteiger partial charge in [-0.25, -0.2) is 4.98 Å². The molecule has 1 unspecified atom stereocenters. The number of likely N-dealkylation sites (tertiary alicyclic amines) is 1. The molecule has 3 aromatic heterocycles. The van der Waals surface area contributed by atoms with Crippen molar-refractivity contribution in [3.63, 3.8) is 0 Å². The third-order valence-corrected chi connectivity index (χ3v) is 6.76. The lowest BCUT2D eigenvalue weighted by Crippen LogP contribution is -2.38. The van der Waals surface area contributed by atoms with Crippen LogP contribution < -0.4 is 10.5 Å². The Bertz CT molecular complexity index is 1390. The zero-order valence-corrected chi connectivity index (χ0v) is 21.4. The second-order valence-electron chi connectivity index (χ2n) is 9.48. The fraction of sp³-hybridized carbons (Fsp3) is 0.400. The SMILES string of the molecule is Cl.Cl.N[C@@H]1CCN(C(c2ccc3nnc(-c4ccc5cccc(OCC6CC6)c5n4)n3c2)C(F)(F)F)C1. The summed E-state index contributed by atoms with van der Waals surface area (Å²) in [6, 6.07) is 10.5. The van der Waals surface area contributed by atoms with Gasteiger partial charge in [0.05, 0.1) is 6.61 Å². The van der Waals surface area contributed by atoms with Crippen LogP contribution in [0.1, 0.15) is 30.9 Å². The molecule has 6 rings (SSSR count). The molecule has 1 aromatic carbocycles. The average Bonchev–Trinajstić information content (AvgIpc) is 3.42. The molecule has 1 aliphatic carbocycles. The zero-order chi connectivity index (χ0) is 24.2. The van der Waals surface area contributed by atoms with Crippen LogP contribution in [0, 0.1) is 5.92 Å². The molecule has 1 saturated heterocycles. The number of pyridine rings is 2. The van der Waals surface area contributed by atoms with Gasteiger partial charge in [-0.15, -0.1) is 35.0 Å². The quantitative estimate of drug-likeness (QED) is 0.352. The summed E-state index contributed by atoms with van der Waals surface area (Å²) in [5.74, 6) is 1.66. The van der Waals surface area contributed by atoms with E-state index in [4.69, 9.17) is 15.5 Å². The number of para-hydroxylation sites is 1. The van der Waals surface area contributed by atoms with Gasteiger partial charge in [-0.2, -0.15) is 13.2 Å². The van der Waals surface area contributed by atoms with Crippen LogP contribution in [0.2, 0.25) is 0 Å². The van der Waals surface area contributed by atoms with E-state index >= 15 is 0 Å². The summed E-state index contributed by atoms with van der Waals surface area (Å²) in [4.78, 5) is 6.18. The normalized spacial score (nSPS) is 19.0. The number of ether oxygens (including phenoxy) is 1. The van der Waals surface area contributed by atoms with Crippen molar-refractivity contribution in [1.82, 2.24) is 24.5 Å². The largest absolute Gasteiger partial charge is 0.491 e. The van der Waals surface area contributed by atoms with Gasteiger partial charge >= 0.3 is 6.18 Å². The molecule has 0 amide bonds. The summed E-state index contributed by atoms with van der Waals surface area (Å²) in [5, 5.41) is 9.33. The zero-order valence-electron chi connectivity index (χ0n) is 19.8. The number of benzene rings is 1. The van der Waals surface area contributed by atoms with Gasteiger partial charge < -0.3 is 10.5 Å². The number of nitrogens with zero attached hydrogens (tertiary/aromatic N) is 5. The van der Waals surface area contributed by atoms with Crippen LogP contribution in [0.5, 0.6) is 5.75 Å². The van der Waals surface area contributed by atoms with Gasteiger partial charge in [0.2, 0.25) is 0 Å². The third-order valence-electron chi connectivity index (χ3n) is 6.76. The van der Waals surface area contributed by atoms with Crippen molar-refractivity contribution < 1.29 is 17.9 Å². The fourth-order valence-corrected chi connectivity index (χ4v) is 4.75. The summed E-state index contributed by atoms with van der Waals surface area (Å²) in [7, 11) is 0. The molecule has 12 heteroatoms. The minimum Gasteiger partial charge on any atom is -0.491 e. The Morgan fingerprint density at radius 1 is 1.03 bits per heavy atom.